The first-order valence-electron chi connectivity index (χ1n) is 6.93. The van der Waals surface area contributed by atoms with E-state index in [0.717, 1.165) is 11.0 Å². The topological polar surface area (TPSA) is 70.8 Å². The quantitative estimate of drug-likeness (QED) is 0.510. The molecular weight excluding hydrogens is 269 g/mol. The van der Waals surface area contributed by atoms with Gasteiger partial charge in [0.05, 0.1) is 23.9 Å². The number of carbonyl (C=O) groups excluding carboxylic acids is 1. The van der Waals surface area contributed by atoms with Gasteiger partial charge in [-0.25, -0.2) is 4.79 Å². The SMILES string of the molecule is COC(=O)c1cc(N)cc(B2OC(C)(C)C(C)(C)O2)c1C. The highest BCUT2D eigenvalue weighted by atomic mass is 16.7. The second kappa shape index (κ2) is 5.03. The Kier molecular flexibility index (Phi) is 3.80. The van der Waals surface area contributed by atoms with Crippen molar-refractivity contribution in [3.63, 3.8) is 0 Å². The number of anilines is 1. The van der Waals surface area contributed by atoms with Gasteiger partial charge in [0.1, 0.15) is 0 Å². The number of nitrogens with two attached hydrogens (primary N) is 1. The number of nitrogen functional groups attached to an aromatic ring is 1. The molecule has 1 aliphatic rings. The predicted octanol–water partition coefficient (Wildman–Crippen LogP) is 1.66. The van der Waals surface area contributed by atoms with Crippen LogP contribution in [0.4, 0.5) is 5.69 Å². The summed E-state index contributed by atoms with van der Waals surface area (Å²) < 4.78 is 16.8. The second-order valence-electron chi connectivity index (χ2n) is 6.36. The van der Waals surface area contributed by atoms with Crippen molar-refractivity contribution in [3.8, 4) is 0 Å². The zero-order chi connectivity index (χ0) is 16.0. The van der Waals surface area contributed by atoms with Crippen LogP contribution in [0.25, 0.3) is 0 Å². The monoisotopic (exact) mass is 291 g/mol. The molecule has 1 saturated heterocycles. The molecule has 2 rings (SSSR count). The molecule has 1 aromatic carbocycles. The Bertz CT molecular complexity index is 567. The fraction of sp³-hybridized carbons (Fsp3) is 0.533. The highest BCUT2D eigenvalue weighted by Crippen LogP contribution is 2.37. The molecule has 5 nitrogen and oxygen atoms in total. The molecular formula is C15H22BNO4. The molecule has 21 heavy (non-hydrogen) atoms. The van der Waals surface area contributed by atoms with Crippen LogP contribution in [0.5, 0.6) is 0 Å². The van der Waals surface area contributed by atoms with Crippen LogP contribution in [0.1, 0.15) is 43.6 Å². The maximum absolute atomic E-state index is 11.8. The van der Waals surface area contributed by atoms with Crippen LogP contribution in [-0.2, 0) is 14.0 Å². The Morgan fingerprint density at radius 2 is 1.71 bits per heavy atom. The number of hydrogen-bond acceptors (Lipinski definition) is 5. The van der Waals surface area contributed by atoms with Gasteiger partial charge in [-0.15, -0.1) is 0 Å². The van der Waals surface area contributed by atoms with Crippen LogP contribution >= 0.6 is 0 Å². The lowest BCUT2D eigenvalue weighted by Gasteiger charge is -2.32. The summed E-state index contributed by atoms with van der Waals surface area (Å²) in [5, 5.41) is 0. The van der Waals surface area contributed by atoms with E-state index in [1.807, 2.05) is 34.6 Å². The van der Waals surface area contributed by atoms with Crippen LogP contribution in [-0.4, -0.2) is 31.4 Å². The Balaban J connectivity index is 2.47. The molecule has 0 bridgehead atoms. The van der Waals surface area contributed by atoms with Gasteiger partial charge < -0.3 is 19.8 Å². The van der Waals surface area contributed by atoms with Crippen LogP contribution in [0.2, 0.25) is 0 Å². The van der Waals surface area contributed by atoms with Crippen molar-refractivity contribution in [2.75, 3.05) is 12.8 Å². The van der Waals surface area contributed by atoms with Gasteiger partial charge in [0, 0.05) is 5.69 Å². The summed E-state index contributed by atoms with van der Waals surface area (Å²) in [6.07, 6.45) is 0. The number of carbonyl (C=O) groups is 1. The summed E-state index contributed by atoms with van der Waals surface area (Å²) in [6, 6.07) is 3.39. The Labute approximate surface area is 125 Å². The fourth-order valence-electron chi connectivity index (χ4n) is 2.30. The zero-order valence-corrected chi connectivity index (χ0v) is 13.4. The summed E-state index contributed by atoms with van der Waals surface area (Å²) in [4.78, 5) is 11.8. The van der Waals surface area contributed by atoms with Gasteiger partial charge in [0.15, 0.2) is 0 Å². The third-order valence-electron chi connectivity index (χ3n) is 4.38. The van der Waals surface area contributed by atoms with Gasteiger partial charge in [-0.1, -0.05) is 0 Å². The molecule has 0 atom stereocenters. The molecule has 0 amide bonds. The Hall–Kier alpha value is -1.53. The molecule has 114 valence electrons. The summed E-state index contributed by atoms with van der Waals surface area (Å²) >= 11 is 0. The van der Waals surface area contributed by atoms with Crippen molar-refractivity contribution in [1.82, 2.24) is 0 Å². The van der Waals surface area contributed by atoms with E-state index in [-0.39, 0.29) is 0 Å². The predicted molar refractivity (Wildman–Crippen MR) is 82.6 cm³/mol. The first-order valence-corrected chi connectivity index (χ1v) is 6.93. The van der Waals surface area contributed by atoms with E-state index in [4.69, 9.17) is 19.8 Å². The molecule has 1 aromatic rings. The maximum Gasteiger partial charge on any atom is 0.495 e. The summed E-state index contributed by atoms with van der Waals surface area (Å²) in [6.45, 7) is 9.77. The molecule has 0 aliphatic carbocycles. The van der Waals surface area contributed by atoms with Crippen LogP contribution in [0.3, 0.4) is 0 Å². The van der Waals surface area contributed by atoms with E-state index in [9.17, 15) is 4.79 Å². The minimum absolute atomic E-state index is 0.419. The van der Waals surface area contributed by atoms with Crippen molar-refractivity contribution >= 4 is 24.2 Å². The van der Waals surface area contributed by atoms with Crippen LogP contribution in [0.15, 0.2) is 12.1 Å². The van der Waals surface area contributed by atoms with Crippen molar-refractivity contribution in [2.45, 2.75) is 45.8 Å². The Morgan fingerprint density at radius 3 is 2.19 bits per heavy atom. The van der Waals surface area contributed by atoms with Crippen molar-refractivity contribution in [3.05, 3.63) is 23.3 Å². The minimum atomic E-state index is -0.554. The third kappa shape index (κ3) is 2.65. The average Bonchev–Trinajstić information content (AvgIpc) is 2.59. The molecule has 6 heteroatoms. The number of hydrogen-bond donors (Lipinski definition) is 1. The summed E-state index contributed by atoms with van der Waals surface area (Å²) in [7, 11) is 0.793. The van der Waals surface area contributed by atoms with E-state index >= 15 is 0 Å². The molecule has 0 unspecified atom stereocenters. The van der Waals surface area contributed by atoms with Gasteiger partial charge in [-0.2, -0.15) is 0 Å². The third-order valence-corrected chi connectivity index (χ3v) is 4.38. The van der Waals surface area contributed by atoms with Gasteiger partial charge in [0.2, 0.25) is 0 Å². The maximum atomic E-state index is 11.8. The van der Waals surface area contributed by atoms with E-state index in [1.54, 1.807) is 12.1 Å². The minimum Gasteiger partial charge on any atom is -0.465 e. The molecule has 0 saturated carbocycles. The zero-order valence-electron chi connectivity index (χ0n) is 13.4. The highest BCUT2D eigenvalue weighted by Gasteiger charge is 2.52. The lowest BCUT2D eigenvalue weighted by molar-refractivity contribution is 0.00578. The van der Waals surface area contributed by atoms with E-state index in [2.05, 4.69) is 0 Å². The smallest absolute Gasteiger partial charge is 0.465 e. The van der Waals surface area contributed by atoms with Crippen molar-refractivity contribution < 1.29 is 18.8 Å². The number of benzene rings is 1. The standard InChI is InChI=1S/C15H22BNO4/c1-9-11(13(18)19-6)7-10(17)8-12(9)16-20-14(2,3)15(4,5)21-16/h7-8H,17H2,1-6H3. The van der Waals surface area contributed by atoms with Crippen molar-refractivity contribution in [2.24, 2.45) is 0 Å². The largest absolute Gasteiger partial charge is 0.495 e. The molecule has 0 radical (unpaired) electrons. The second-order valence-corrected chi connectivity index (χ2v) is 6.36. The van der Waals surface area contributed by atoms with Gasteiger partial charge in [0.25, 0.3) is 0 Å². The molecule has 0 aromatic heterocycles. The van der Waals surface area contributed by atoms with Gasteiger partial charge in [-0.3, -0.25) is 0 Å². The normalized spacial score (nSPS) is 19.6. The van der Waals surface area contributed by atoms with Crippen molar-refractivity contribution in [1.29, 1.82) is 0 Å². The average molecular weight is 291 g/mol. The first-order chi connectivity index (χ1) is 9.59. The number of methoxy groups -OCH3 is 1. The molecule has 0 spiro atoms. The van der Waals surface area contributed by atoms with E-state index in [1.165, 1.54) is 7.11 Å². The van der Waals surface area contributed by atoms with Crippen LogP contribution < -0.4 is 11.2 Å². The highest BCUT2D eigenvalue weighted by molar-refractivity contribution is 6.63. The first kappa shape index (κ1) is 15.9. The lowest BCUT2D eigenvalue weighted by Crippen LogP contribution is -2.41. The summed E-state index contributed by atoms with van der Waals surface area (Å²) in [5.41, 5.74) is 7.44. The number of rotatable bonds is 2. The molecule has 2 N–H and O–H groups in total. The summed E-state index contributed by atoms with van der Waals surface area (Å²) in [5.74, 6) is -0.419. The lowest BCUT2D eigenvalue weighted by atomic mass is 9.74. The van der Waals surface area contributed by atoms with Crippen LogP contribution in [0, 0.1) is 6.92 Å². The molecule has 1 heterocycles. The molecule has 1 fully saturated rings. The van der Waals surface area contributed by atoms with E-state index < -0.39 is 24.3 Å². The van der Waals surface area contributed by atoms with E-state index in [0.29, 0.717) is 11.3 Å². The van der Waals surface area contributed by atoms with Gasteiger partial charge >= 0.3 is 13.1 Å². The molecule has 1 aliphatic heterocycles. The Morgan fingerprint density at radius 1 is 1.19 bits per heavy atom. The fourth-order valence-corrected chi connectivity index (χ4v) is 2.30. The van der Waals surface area contributed by atoms with Gasteiger partial charge in [-0.05, 0) is 57.8 Å². The number of ether oxygens (including phenoxy) is 1. The number of esters is 1.